The topological polar surface area (TPSA) is 87.7 Å². The Labute approximate surface area is 138 Å². The maximum absolute atomic E-state index is 12.7. The monoisotopic (exact) mass is 327 g/mol. The lowest BCUT2D eigenvalue weighted by atomic mass is 9.97. The van der Waals surface area contributed by atoms with Crippen LogP contribution >= 0.6 is 0 Å². The number of hydrogen-bond acceptors (Lipinski definition) is 5. The van der Waals surface area contributed by atoms with Gasteiger partial charge in [-0.05, 0) is 54.0 Å². The van der Waals surface area contributed by atoms with Crippen LogP contribution in [0, 0.1) is 0 Å². The lowest BCUT2D eigenvalue weighted by molar-refractivity contribution is -0.175. The molecule has 7 heteroatoms. The second kappa shape index (κ2) is 7.29. The highest BCUT2D eigenvalue weighted by Crippen LogP contribution is 2.22. The molecule has 1 aliphatic rings. The summed E-state index contributed by atoms with van der Waals surface area (Å²) in [6.45, 7) is 9.48. The summed E-state index contributed by atoms with van der Waals surface area (Å²) >= 11 is 0. The summed E-state index contributed by atoms with van der Waals surface area (Å²) in [5.41, 5.74) is -2.45. The molecule has 1 fully saturated rings. The van der Waals surface area contributed by atoms with Gasteiger partial charge in [0.25, 0.3) is 5.91 Å². The van der Waals surface area contributed by atoms with Crippen LogP contribution in [0.25, 0.3) is 0 Å². The van der Waals surface area contributed by atoms with Gasteiger partial charge in [0.15, 0.2) is 0 Å². The fraction of sp³-hybridized carbons (Fsp3) is 0.812. The summed E-state index contributed by atoms with van der Waals surface area (Å²) < 4.78 is 5.39. The molecule has 0 unspecified atom stereocenters. The molecule has 23 heavy (non-hydrogen) atoms. The number of carbonyl (C=O) groups excluding carboxylic acids is 3. The Morgan fingerprint density at radius 3 is 2.30 bits per heavy atom. The van der Waals surface area contributed by atoms with E-state index in [2.05, 4.69) is 10.6 Å². The molecule has 0 radical (unpaired) electrons. The molecule has 1 aliphatic heterocycles. The first-order valence-corrected chi connectivity index (χ1v) is 8.06. The maximum Gasteiger partial charge on any atom is 0.342 e. The third kappa shape index (κ3) is 4.43. The Bertz CT molecular complexity index is 466. The Balaban J connectivity index is 3.09. The molecule has 132 valence electrons. The molecule has 0 saturated carbocycles. The van der Waals surface area contributed by atoms with Gasteiger partial charge in [0.05, 0.1) is 6.04 Å². The molecule has 0 aromatic rings. The largest absolute Gasteiger partial charge is 0.458 e. The molecule has 0 aromatic heterocycles. The number of carbonyl (C=O) groups is 3. The third-order valence-electron chi connectivity index (χ3n) is 3.94. The van der Waals surface area contributed by atoms with Gasteiger partial charge in [-0.25, -0.2) is 4.79 Å². The van der Waals surface area contributed by atoms with Gasteiger partial charge in [-0.1, -0.05) is 0 Å². The van der Waals surface area contributed by atoms with Crippen molar-refractivity contribution in [3.63, 3.8) is 0 Å². The van der Waals surface area contributed by atoms with Gasteiger partial charge < -0.3 is 20.3 Å². The number of ether oxygens (including phenoxy) is 1. The van der Waals surface area contributed by atoms with E-state index in [0.29, 0.717) is 13.0 Å². The number of nitrogens with one attached hydrogen (secondary N) is 2. The first-order valence-electron chi connectivity index (χ1n) is 8.06. The fourth-order valence-electron chi connectivity index (χ4n) is 2.44. The summed E-state index contributed by atoms with van der Waals surface area (Å²) in [5, 5.41) is 5.72. The number of rotatable bonds is 5. The number of likely N-dealkylation sites (N-methyl/N-ethyl adjacent to an activating group) is 2. The average Bonchev–Trinajstić information content (AvgIpc) is 2.97. The van der Waals surface area contributed by atoms with Crippen molar-refractivity contribution in [1.82, 2.24) is 15.5 Å². The predicted molar refractivity (Wildman–Crippen MR) is 86.7 cm³/mol. The Morgan fingerprint density at radius 1 is 1.26 bits per heavy atom. The molecule has 2 atom stereocenters. The van der Waals surface area contributed by atoms with Gasteiger partial charge in [0.1, 0.15) is 5.60 Å². The summed E-state index contributed by atoms with van der Waals surface area (Å²) in [4.78, 5) is 39.0. The van der Waals surface area contributed by atoms with Crippen molar-refractivity contribution >= 4 is 17.8 Å². The van der Waals surface area contributed by atoms with E-state index in [1.54, 1.807) is 27.7 Å². The molecule has 1 heterocycles. The molecule has 1 rings (SSSR count). The zero-order valence-corrected chi connectivity index (χ0v) is 15.0. The SMILES string of the molecule is CCNC(=O)[C@@](C)(C(=O)OC(C)(C)C)N(C)C(=O)[C@@H]1CCCN1. The van der Waals surface area contributed by atoms with Gasteiger partial charge in [0, 0.05) is 13.6 Å². The van der Waals surface area contributed by atoms with Crippen LogP contribution in [0.15, 0.2) is 0 Å². The molecular formula is C16H29N3O4. The van der Waals surface area contributed by atoms with Gasteiger partial charge in [-0.3, -0.25) is 9.59 Å². The number of hydrogen-bond donors (Lipinski definition) is 2. The minimum Gasteiger partial charge on any atom is -0.458 e. The summed E-state index contributed by atoms with van der Waals surface area (Å²) in [7, 11) is 1.47. The lowest BCUT2D eigenvalue weighted by Gasteiger charge is -2.38. The molecule has 0 spiro atoms. The van der Waals surface area contributed by atoms with E-state index in [1.807, 2.05) is 0 Å². The molecule has 2 amide bonds. The average molecular weight is 327 g/mol. The normalized spacial score (nSPS) is 20.5. The summed E-state index contributed by atoms with van der Waals surface area (Å²) in [6.07, 6.45) is 1.59. The molecular weight excluding hydrogens is 298 g/mol. The van der Waals surface area contributed by atoms with Crippen LogP contribution in [-0.4, -0.2) is 60.0 Å². The van der Waals surface area contributed by atoms with Crippen molar-refractivity contribution in [3.05, 3.63) is 0 Å². The van der Waals surface area contributed by atoms with Crippen molar-refractivity contribution in [3.8, 4) is 0 Å². The second-order valence-corrected chi connectivity index (χ2v) is 6.98. The zero-order chi connectivity index (χ0) is 17.8. The van der Waals surface area contributed by atoms with Crippen molar-refractivity contribution in [2.24, 2.45) is 0 Å². The highest BCUT2D eigenvalue weighted by atomic mass is 16.6. The highest BCUT2D eigenvalue weighted by molar-refractivity contribution is 6.10. The number of nitrogens with zero attached hydrogens (tertiary/aromatic N) is 1. The lowest BCUT2D eigenvalue weighted by Crippen LogP contribution is -2.65. The molecule has 0 bridgehead atoms. The van der Waals surface area contributed by atoms with Gasteiger partial charge in [-0.2, -0.15) is 0 Å². The van der Waals surface area contributed by atoms with Crippen LogP contribution < -0.4 is 10.6 Å². The van der Waals surface area contributed by atoms with Crippen LogP contribution in [0.2, 0.25) is 0 Å². The van der Waals surface area contributed by atoms with Crippen LogP contribution in [0.3, 0.4) is 0 Å². The smallest absolute Gasteiger partial charge is 0.342 e. The highest BCUT2D eigenvalue weighted by Gasteiger charge is 2.50. The van der Waals surface area contributed by atoms with Crippen LogP contribution in [0.1, 0.15) is 47.5 Å². The van der Waals surface area contributed by atoms with E-state index in [-0.39, 0.29) is 11.9 Å². The minimum absolute atomic E-state index is 0.276. The van der Waals surface area contributed by atoms with Crippen LogP contribution in [0.5, 0.6) is 0 Å². The number of amides is 2. The number of esters is 1. The molecule has 1 saturated heterocycles. The van der Waals surface area contributed by atoms with Crippen molar-refractivity contribution in [2.45, 2.75) is 64.6 Å². The Morgan fingerprint density at radius 2 is 1.87 bits per heavy atom. The van der Waals surface area contributed by atoms with E-state index in [9.17, 15) is 14.4 Å². The second-order valence-electron chi connectivity index (χ2n) is 6.98. The quantitative estimate of drug-likeness (QED) is 0.565. The van der Waals surface area contributed by atoms with Crippen molar-refractivity contribution in [1.29, 1.82) is 0 Å². The predicted octanol–water partition coefficient (Wildman–Crippen LogP) is 0.433. The van der Waals surface area contributed by atoms with Crippen LogP contribution in [0.4, 0.5) is 0 Å². The van der Waals surface area contributed by atoms with Crippen LogP contribution in [-0.2, 0) is 19.1 Å². The van der Waals surface area contributed by atoms with Gasteiger partial charge in [0.2, 0.25) is 11.4 Å². The van der Waals surface area contributed by atoms with E-state index in [1.165, 1.54) is 18.9 Å². The van der Waals surface area contributed by atoms with E-state index in [0.717, 1.165) is 13.0 Å². The van der Waals surface area contributed by atoms with E-state index < -0.39 is 23.0 Å². The standard InChI is InChI=1S/C16H29N3O4/c1-7-17-13(21)16(5,14(22)23-15(2,3)4)19(6)12(20)11-9-8-10-18-11/h11,18H,7-10H2,1-6H3,(H,17,21)/t11-,16-/m0/s1. The zero-order valence-electron chi connectivity index (χ0n) is 15.0. The van der Waals surface area contributed by atoms with Crippen molar-refractivity contribution in [2.75, 3.05) is 20.1 Å². The third-order valence-corrected chi connectivity index (χ3v) is 3.94. The minimum atomic E-state index is -1.70. The van der Waals surface area contributed by atoms with E-state index in [4.69, 9.17) is 4.74 Å². The van der Waals surface area contributed by atoms with Crippen molar-refractivity contribution < 1.29 is 19.1 Å². The molecule has 7 nitrogen and oxygen atoms in total. The Hall–Kier alpha value is -1.63. The molecule has 2 N–H and O–H groups in total. The van der Waals surface area contributed by atoms with Gasteiger partial charge in [-0.15, -0.1) is 0 Å². The fourth-order valence-corrected chi connectivity index (χ4v) is 2.44. The molecule has 0 aliphatic carbocycles. The molecule has 0 aromatic carbocycles. The summed E-state index contributed by atoms with van der Waals surface area (Å²) in [5.74, 6) is -1.55. The summed E-state index contributed by atoms with van der Waals surface area (Å²) in [6, 6.07) is -0.365. The maximum atomic E-state index is 12.7. The Kier molecular flexibility index (Phi) is 6.16. The van der Waals surface area contributed by atoms with Gasteiger partial charge >= 0.3 is 5.97 Å². The first kappa shape index (κ1) is 19.4. The first-order chi connectivity index (χ1) is 10.5. The van der Waals surface area contributed by atoms with E-state index >= 15 is 0 Å².